The molecule has 1 aromatic carbocycles. The van der Waals surface area contributed by atoms with Crippen molar-refractivity contribution in [2.24, 2.45) is 0 Å². The summed E-state index contributed by atoms with van der Waals surface area (Å²) < 4.78 is 38.8. The molecular weight excluding hydrogens is 268 g/mol. The van der Waals surface area contributed by atoms with Crippen LogP contribution >= 0.6 is 0 Å². The van der Waals surface area contributed by atoms with E-state index >= 15 is 0 Å². The fourth-order valence-corrected chi connectivity index (χ4v) is 1.54. The molecular formula is C14H19F2NO3. The van der Waals surface area contributed by atoms with Crippen LogP contribution in [0.1, 0.15) is 5.56 Å². The lowest BCUT2D eigenvalue weighted by atomic mass is 10.2. The van der Waals surface area contributed by atoms with Crippen molar-refractivity contribution in [1.82, 2.24) is 5.32 Å². The Bertz CT molecular complexity index is 425. The van der Waals surface area contributed by atoms with Crippen molar-refractivity contribution in [2.75, 3.05) is 33.9 Å². The van der Waals surface area contributed by atoms with Gasteiger partial charge in [0, 0.05) is 20.2 Å². The van der Waals surface area contributed by atoms with Gasteiger partial charge in [-0.15, -0.1) is 0 Å². The minimum absolute atomic E-state index is 0.0250. The highest BCUT2D eigenvalue weighted by atomic mass is 19.3. The Labute approximate surface area is 117 Å². The highest BCUT2D eigenvalue weighted by Crippen LogP contribution is 2.29. The van der Waals surface area contributed by atoms with Crippen molar-refractivity contribution in [1.29, 1.82) is 0 Å². The number of halogens is 2. The summed E-state index contributed by atoms with van der Waals surface area (Å²) in [6.45, 7) is -0.814. The van der Waals surface area contributed by atoms with Crippen molar-refractivity contribution in [3.05, 3.63) is 29.8 Å². The van der Waals surface area contributed by atoms with Crippen LogP contribution in [0.25, 0.3) is 6.08 Å². The van der Waals surface area contributed by atoms with Gasteiger partial charge < -0.3 is 19.5 Å². The Morgan fingerprint density at radius 3 is 2.70 bits per heavy atom. The Kier molecular flexibility index (Phi) is 7.60. The first kappa shape index (κ1) is 16.4. The fourth-order valence-electron chi connectivity index (χ4n) is 1.54. The van der Waals surface area contributed by atoms with E-state index in [0.717, 1.165) is 12.1 Å². The van der Waals surface area contributed by atoms with E-state index in [0.29, 0.717) is 13.2 Å². The topological polar surface area (TPSA) is 39.7 Å². The van der Waals surface area contributed by atoms with Gasteiger partial charge in [0.25, 0.3) is 0 Å². The second-order valence-corrected chi connectivity index (χ2v) is 3.89. The first-order valence-electron chi connectivity index (χ1n) is 6.16. The van der Waals surface area contributed by atoms with E-state index in [1.54, 1.807) is 19.2 Å². The smallest absolute Gasteiger partial charge is 0.387 e. The number of rotatable bonds is 9. The van der Waals surface area contributed by atoms with E-state index in [1.165, 1.54) is 13.2 Å². The molecule has 112 valence electrons. The number of methoxy groups -OCH3 is 2. The average Bonchev–Trinajstić information content (AvgIpc) is 2.42. The molecule has 0 aliphatic rings. The van der Waals surface area contributed by atoms with E-state index in [2.05, 4.69) is 10.1 Å². The number of nitrogens with one attached hydrogen (secondary N) is 1. The Balaban J connectivity index is 2.59. The first-order valence-corrected chi connectivity index (χ1v) is 6.16. The van der Waals surface area contributed by atoms with Gasteiger partial charge in [-0.3, -0.25) is 0 Å². The monoisotopic (exact) mass is 287 g/mol. The molecule has 20 heavy (non-hydrogen) atoms. The predicted molar refractivity (Wildman–Crippen MR) is 73.4 cm³/mol. The molecule has 1 aromatic rings. The van der Waals surface area contributed by atoms with Crippen LogP contribution < -0.4 is 14.8 Å². The number of alkyl halides is 2. The molecule has 0 heterocycles. The third-order valence-electron chi connectivity index (χ3n) is 2.46. The van der Waals surface area contributed by atoms with Crippen LogP contribution in [0.15, 0.2) is 24.3 Å². The zero-order valence-corrected chi connectivity index (χ0v) is 11.6. The van der Waals surface area contributed by atoms with Gasteiger partial charge in [-0.1, -0.05) is 18.2 Å². The molecule has 0 aliphatic carbocycles. The summed E-state index contributed by atoms with van der Waals surface area (Å²) in [5, 5.41) is 3.14. The number of hydrogen-bond acceptors (Lipinski definition) is 4. The zero-order valence-electron chi connectivity index (χ0n) is 11.6. The largest absolute Gasteiger partial charge is 0.493 e. The van der Waals surface area contributed by atoms with E-state index < -0.39 is 6.61 Å². The molecule has 0 aliphatic heterocycles. The third kappa shape index (κ3) is 5.99. The van der Waals surface area contributed by atoms with E-state index in [4.69, 9.17) is 9.47 Å². The van der Waals surface area contributed by atoms with Crippen molar-refractivity contribution < 1.29 is 23.0 Å². The van der Waals surface area contributed by atoms with E-state index in [-0.39, 0.29) is 11.5 Å². The lowest BCUT2D eigenvalue weighted by Crippen LogP contribution is -2.18. The SMILES string of the molecule is COCCNCC=Cc1ccc(OC)c(OC(F)F)c1. The first-order chi connectivity index (χ1) is 9.67. The lowest BCUT2D eigenvalue weighted by molar-refractivity contribution is -0.0512. The number of hydrogen-bond donors (Lipinski definition) is 1. The molecule has 0 saturated heterocycles. The predicted octanol–water partition coefficient (Wildman–Crippen LogP) is 2.55. The minimum atomic E-state index is -2.88. The number of benzene rings is 1. The quantitative estimate of drug-likeness (QED) is 0.709. The van der Waals surface area contributed by atoms with E-state index in [1.807, 2.05) is 12.2 Å². The van der Waals surface area contributed by atoms with Crippen LogP contribution in [0.5, 0.6) is 11.5 Å². The number of ether oxygens (including phenoxy) is 3. The van der Waals surface area contributed by atoms with Crippen LogP contribution in [0.3, 0.4) is 0 Å². The third-order valence-corrected chi connectivity index (χ3v) is 2.46. The summed E-state index contributed by atoms with van der Waals surface area (Å²) in [5.41, 5.74) is 0.759. The normalized spacial score (nSPS) is 11.2. The van der Waals surface area contributed by atoms with Gasteiger partial charge in [0.15, 0.2) is 11.5 Å². The molecule has 0 fully saturated rings. The summed E-state index contributed by atoms with van der Waals surface area (Å²) in [6, 6.07) is 4.87. The van der Waals surface area contributed by atoms with Gasteiger partial charge in [0.1, 0.15) is 0 Å². The Hall–Kier alpha value is -1.66. The second kappa shape index (κ2) is 9.28. The van der Waals surface area contributed by atoms with Gasteiger partial charge in [-0.05, 0) is 17.7 Å². The maximum Gasteiger partial charge on any atom is 0.387 e. The molecule has 1 rings (SSSR count). The van der Waals surface area contributed by atoms with E-state index in [9.17, 15) is 8.78 Å². The highest BCUT2D eigenvalue weighted by molar-refractivity contribution is 5.56. The average molecular weight is 287 g/mol. The molecule has 0 aromatic heterocycles. The van der Waals surface area contributed by atoms with Crippen molar-refractivity contribution >= 4 is 6.08 Å². The summed E-state index contributed by atoms with van der Waals surface area (Å²) in [4.78, 5) is 0. The summed E-state index contributed by atoms with van der Waals surface area (Å²) in [6.07, 6.45) is 3.71. The maximum atomic E-state index is 12.3. The molecule has 1 N–H and O–H groups in total. The molecule has 0 atom stereocenters. The molecule has 0 radical (unpaired) electrons. The second-order valence-electron chi connectivity index (χ2n) is 3.89. The molecule has 0 saturated carbocycles. The molecule has 4 nitrogen and oxygen atoms in total. The lowest BCUT2D eigenvalue weighted by Gasteiger charge is -2.10. The maximum absolute atomic E-state index is 12.3. The van der Waals surface area contributed by atoms with Gasteiger partial charge in [-0.2, -0.15) is 8.78 Å². The summed E-state index contributed by atoms with van der Waals surface area (Å²) in [7, 11) is 3.04. The molecule has 0 unspecified atom stereocenters. The van der Waals surface area contributed by atoms with Crippen LogP contribution in [0.2, 0.25) is 0 Å². The Morgan fingerprint density at radius 1 is 1.25 bits per heavy atom. The molecule has 6 heteroatoms. The van der Waals surface area contributed by atoms with Crippen LogP contribution in [-0.4, -0.2) is 40.5 Å². The fraction of sp³-hybridized carbons (Fsp3) is 0.429. The van der Waals surface area contributed by atoms with Crippen molar-refractivity contribution in [3.63, 3.8) is 0 Å². The minimum Gasteiger partial charge on any atom is -0.493 e. The molecule has 0 amide bonds. The highest BCUT2D eigenvalue weighted by Gasteiger charge is 2.10. The van der Waals surface area contributed by atoms with Gasteiger partial charge >= 0.3 is 6.61 Å². The summed E-state index contributed by atoms with van der Waals surface area (Å²) in [5.74, 6) is 0.303. The molecule has 0 spiro atoms. The molecule has 0 bridgehead atoms. The van der Waals surface area contributed by atoms with Crippen LogP contribution in [-0.2, 0) is 4.74 Å². The zero-order chi connectivity index (χ0) is 14.8. The van der Waals surface area contributed by atoms with Crippen LogP contribution in [0, 0.1) is 0 Å². The standard InChI is InChI=1S/C14H19F2NO3/c1-18-9-8-17-7-3-4-11-5-6-12(19-2)13(10-11)20-14(15)16/h3-6,10,14,17H,7-9H2,1-2H3. The van der Waals surface area contributed by atoms with Gasteiger partial charge in [0.05, 0.1) is 13.7 Å². The van der Waals surface area contributed by atoms with Crippen molar-refractivity contribution in [3.8, 4) is 11.5 Å². The van der Waals surface area contributed by atoms with Crippen LogP contribution in [0.4, 0.5) is 8.78 Å². The summed E-state index contributed by atoms with van der Waals surface area (Å²) >= 11 is 0. The Morgan fingerprint density at radius 2 is 2.05 bits per heavy atom. The van der Waals surface area contributed by atoms with Gasteiger partial charge in [-0.25, -0.2) is 0 Å². The van der Waals surface area contributed by atoms with Crippen molar-refractivity contribution in [2.45, 2.75) is 6.61 Å². The van der Waals surface area contributed by atoms with Gasteiger partial charge in [0.2, 0.25) is 0 Å².